The second kappa shape index (κ2) is 5.32. The average Bonchev–Trinajstić information content (AvgIpc) is 2.67. The number of hydrogen-bond acceptors (Lipinski definition) is 3. The highest BCUT2D eigenvalue weighted by Crippen LogP contribution is 2.28. The van der Waals surface area contributed by atoms with E-state index in [9.17, 15) is 4.79 Å². The second-order valence-corrected chi connectivity index (χ2v) is 3.76. The molecule has 0 spiro atoms. The van der Waals surface area contributed by atoms with E-state index < -0.39 is 12.0 Å². The topological polar surface area (TPSA) is 69.6 Å². The van der Waals surface area contributed by atoms with Crippen LogP contribution in [-0.2, 0) is 4.79 Å². The highest BCUT2D eigenvalue weighted by atomic mass is 79.9. The number of phenolic OH excluding ortho intramolecular Hbond substituents is 1. The van der Waals surface area contributed by atoms with Gasteiger partial charge >= 0.3 is 5.97 Å². The first-order valence-electron chi connectivity index (χ1n) is 4.93. The maximum Gasteiger partial charge on any atom is 0.321 e. The van der Waals surface area contributed by atoms with Crippen molar-refractivity contribution >= 4 is 23.0 Å². The number of halogens is 1. The van der Waals surface area contributed by atoms with Crippen molar-refractivity contribution in [2.24, 2.45) is 0 Å². The van der Waals surface area contributed by atoms with E-state index in [0.29, 0.717) is 0 Å². The van der Waals surface area contributed by atoms with Gasteiger partial charge in [-0.1, -0.05) is 12.1 Å². The van der Waals surface area contributed by atoms with Crippen LogP contribution in [-0.4, -0.2) is 28.8 Å². The Labute approximate surface area is 104 Å². The van der Waals surface area contributed by atoms with Crippen molar-refractivity contribution in [1.29, 1.82) is 0 Å². The minimum atomic E-state index is -0.814. The monoisotopic (exact) mass is 287 g/mol. The zero-order valence-electron chi connectivity index (χ0n) is 8.59. The van der Waals surface area contributed by atoms with Gasteiger partial charge in [0.05, 0.1) is 0 Å². The van der Waals surface area contributed by atoms with Crippen LogP contribution in [0.5, 0.6) is 5.75 Å². The molecule has 2 atom stereocenters. The summed E-state index contributed by atoms with van der Waals surface area (Å²) in [6.45, 7) is 0.725. The number of hydrogen-bond donors (Lipinski definition) is 3. The fraction of sp³-hybridized carbons (Fsp3) is 0.364. The smallest absolute Gasteiger partial charge is 0.321 e. The van der Waals surface area contributed by atoms with Gasteiger partial charge in [-0.2, -0.15) is 0 Å². The van der Waals surface area contributed by atoms with Gasteiger partial charge in [0, 0.05) is 5.92 Å². The molecular weight excluding hydrogens is 274 g/mol. The predicted octanol–water partition coefficient (Wildman–Crippen LogP) is 1.50. The van der Waals surface area contributed by atoms with E-state index in [2.05, 4.69) is 5.32 Å². The molecule has 0 bridgehead atoms. The molecule has 2 rings (SSSR count). The second-order valence-electron chi connectivity index (χ2n) is 3.76. The van der Waals surface area contributed by atoms with Gasteiger partial charge in [-0.3, -0.25) is 4.79 Å². The standard InChI is InChI=1S/C11H13NO3.BrH/c13-8-3-1-7(2-4-8)9-5-6-12-10(9)11(14)15;/h1-4,9-10,12-13H,5-6H2,(H,14,15);1H/t9-,10+;/m1./s1. The van der Waals surface area contributed by atoms with Crippen molar-refractivity contribution < 1.29 is 15.0 Å². The minimum Gasteiger partial charge on any atom is -0.508 e. The van der Waals surface area contributed by atoms with Crippen molar-refractivity contribution in [3.8, 4) is 5.75 Å². The number of carboxylic acids is 1. The molecule has 0 saturated carbocycles. The van der Waals surface area contributed by atoms with Crippen LogP contribution in [0.1, 0.15) is 17.9 Å². The highest BCUT2D eigenvalue weighted by Gasteiger charge is 2.33. The van der Waals surface area contributed by atoms with Gasteiger partial charge in [0.25, 0.3) is 0 Å². The molecule has 0 amide bonds. The Balaban J connectivity index is 0.00000128. The SMILES string of the molecule is Br.O=C(O)[C@H]1NCC[C@@H]1c1ccc(O)cc1. The number of carboxylic acid groups (broad SMARTS) is 1. The van der Waals surface area contributed by atoms with Crippen molar-refractivity contribution in [2.45, 2.75) is 18.4 Å². The summed E-state index contributed by atoms with van der Waals surface area (Å²) in [7, 11) is 0. The van der Waals surface area contributed by atoms with Gasteiger partial charge in [0.2, 0.25) is 0 Å². The van der Waals surface area contributed by atoms with E-state index in [1.54, 1.807) is 24.3 Å². The molecule has 0 aromatic heterocycles. The van der Waals surface area contributed by atoms with Crippen LogP contribution in [0.25, 0.3) is 0 Å². The first-order chi connectivity index (χ1) is 7.18. The number of aromatic hydroxyl groups is 1. The third-order valence-electron chi connectivity index (χ3n) is 2.81. The van der Waals surface area contributed by atoms with Crippen LogP contribution in [0.3, 0.4) is 0 Å². The summed E-state index contributed by atoms with van der Waals surface area (Å²) in [4.78, 5) is 10.9. The fourth-order valence-electron chi connectivity index (χ4n) is 2.04. The number of nitrogens with one attached hydrogen (secondary N) is 1. The maximum absolute atomic E-state index is 10.9. The summed E-state index contributed by atoms with van der Waals surface area (Å²) in [6.07, 6.45) is 0.821. The number of benzene rings is 1. The third kappa shape index (κ3) is 2.54. The van der Waals surface area contributed by atoms with Crippen molar-refractivity contribution in [3.05, 3.63) is 29.8 Å². The Morgan fingerprint density at radius 1 is 1.31 bits per heavy atom. The van der Waals surface area contributed by atoms with Gasteiger partial charge in [0.1, 0.15) is 11.8 Å². The normalized spacial score (nSPS) is 23.8. The molecule has 3 N–H and O–H groups in total. The molecule has 1 aliphatic heterocycles. The molecule has 16 heavy (non-hydrogen) atoms. The van der Waals surface area contributed by atoms with E-state index in [4.69, 9.17) is 10.2 Å². The number of phenols is 1. The van der Waals surface area contributed by atoms with Crippen LogP contribution in [0.2, 0.25) is 0 Å². The molecule has 1 saturated heterocycles. The van der Waals surface area contributed by atoms with Gasteiger partial charge in [-0.05, 0) is 30.7 Å². The van der Waals surface area contributed by atoms with Crippen LogP contribution in [0.15, 0.2) is 24.3 Å². The Kier molecular flexibility index (Phi) is 4.32. The Hall–Kier alpha value is -1.07. The molecular formula is C11H14BrNO3. The van der Waals surface area contributed by atoms with E-state index in [1.165, 1.54) is 0 Å². The Morgan fingerprint density at radius 3 is 2.50 bits per heavy atom. The number of aliphatic carboxylic acids is 1. The van der Waals surface area contributed by atoms with Gasteiger partial charge < -0.3 is 15.5 Å². The zero-order valence-corrected chi connectivity index (χ0v) is 10.3. The molecule has 1 aromatic rings. The lowest BCUT2D eigenvalue weighted by Gasteiger charge is -2.15. The molecule has 1 aliphatic rings. The quantitative estimate of drug-likeness (QED) is 0.771. The lowest BCUT2D eigenvalue weighted by molar-refractivity contribution is -0.139. The molecule has 0 aliphatic carbocycles. The minimum absolute atomic E-state index is 0. The van der Waals surface area contributed by atoms with E-state index in [1.807, 2.05) is 0 Å². The molecule has 4 nitrogen and oxygen atoms in total. The average molecular weight is 288 g/mol. The summed E-state index contributed by atoms with van der Waals surface area (Å²) in [6, 6.07) is 6.24. The zero-order chi connectivity index (χ0) is 10.8. The molecule has 1 aromatic carbocycles. The first kappa shape index (κ1) is 13.0. The molecule has 5 heteroatoms. The van der Waals surface area contributed by atoms with Gasteiger partial charge in [-0.15, -0.1) is 17.0 Å². The summed E-state index contributed by atoms with van der Waals surface area (Å²) >= 11 is 0. The lowest BCUT2D eigenvalue weighted by atomic mass is 9.92. The van der Waals surface area contributed by atoms with Crippen LogP contribution in [0, 0.1) is 0 Å². The summed E-state index contributed by atoms with van der Waals surface area (Å²) in [5, 5.41) is 21.1. The van der Waals surface area contributed by atoms with Gasteiger partial charge in [-0.25, -0.2) is 0 Å². The number of carbonyl (C=O) groups is 1. The first-order valence-corrected chi connectivity index (χ1v) is 4.93. The van der Waals surface area contributed by atoms with E-state index in [0.717, 1.165) is 18.5 Å². The molecule has 0 unspecified atom stereocenters. The van der Waals surface area contributed by atoms with Crippen molar-refractivity contribution in [3.63, 3.8) is 0 Å². The third-order valence-corrected chi connectivity index (χ3v) is 2.81. The maximum atomic E-state index is 10.9. The Bertz CT molecular complexity index is 366. The van der Waals surface area contributed by atoms with Crippen molar-refractivity contribution in [2.75, 3.05) is 6.54 Å². The molecule has 0 radical (unpaired) electrons. The molecule has 1 fully saturated rings. The largest absolute Gasteiger partial charge is 0.508 e. The molecule has 88 valence electrons. The highest BCUT2D eigenvalue weighted by molar-refractivity contribution is 8.93. The summed E-state index contributed by atoms with van der Waals surface area (Å²) < 4.78 is 0. The van der Waals surface area contributed by atoms with E-state index in [-0.39, 0.29) is 28.6 Å². The fourth-order valence-corrected chi connectivity index (χ4v) is 2.04. The van der Waals surface area contributed by atoms with E-state index >= 15 is 0 Å². The van der Waals surface area contributed by atoms with Gasteiger partial charge in [0.15, 0.2) is 0 Å². The molecule has 1 heterocycles. The summed E-state index contributed by atoms with van der Waals surface area (Å²) in [5.41, 5.74) is 0.963. The van der Waals surface area contributed by atoms with Crippen LogP contribution in [0.4, 0.5) is 0 Å². The summed E-state index contributed by atoms with van der Waals surface area (Å²) in [5.74, 6) is -0.606. The van der Waals surface area contributed by atoms with Crippen LogP contribution < -0.4 is 5.32 Å². The Morgan fingerprint density at radius 2 is 1.94 bits per heavy atom. The van der Waals surface area contributed by atoms with Crippen LogP contribution >= 0.6 is 17.0 Å². The predicted molar refractivity (Wildman–Crippen MR) is 65.2 cm³/mol. The lowest BCUT2D eigenvalue weighted by Crippen LogP contribution is -2.34. The number of rotatable bonds is 2. The van der Waals surface area contributed by atoms with Crippen molar-refractivity contribution in [1.82, 2.24) is 5.32 Å².